The topological polar surface area (TPSA) is 21.3 Å². The van der Waals surface area contributed by atoms with E-state index in [0.29, 0.717) is 5.02 Å². The maximum atomic E-state index is 13.0. The average Bonchev–Trinajstić information content (AvgIpc) is 2.34. The van der Waals surface area contributed by atoms with E-state index in [1.165, 1.54) is 12.1 Å². The van der Waals surface area contributed by atoms with E-state index in [9.17, 15) is 4.39 Å². The lowest BCUT2D eigenvalue weighted by Crippen LogP contribution is -2.41. The molecule has 0 radical (unpaired) electrons. The summed E-state index contributed by atoms with van der Waals surface area (Å²) in [5.74, 6) is -0.286. The third-order valence-corrected chi connectivity index (χ3v) is 3.89. The van der Waals surface area contributed by atoms with Crippen molar-refractivity contribution in [3.8, 4) is 0 Å². The van der Waals surface area contributed by atoms with E-state index in [1.54, 1.807) is 6.07 Å². The molecule has 1 aromatic carbocycles. The molecule has 1 unspecified atom stereocenters. The van der Waals surface area contributed by atoms with E-state index in [2.05, 4.69) is 5.32 Å². The molecule has 1 heterocycles. The molecule has 18 heavy (non-hydrogen) atoms. The van der Waals surface area contributed by atoms with Gasteiger partial charge in [0, 0.05) is 23.6 Å². The van der Waals surface area contributed by atoms with Crippen LogP contribution < -0.4 is 5.32 Å². The van der Waals surface area contributed by atoms with Crippen molar-refractivity contribution in [3.63, 3.8) is 0 Å². The molecule has 0 saturated carbocycles. The zero-order valence-electron chi connectivity index (χ0n) is 10.6. The van der Waals surface area contributed by atoms with Gasteiger partial charge in [0.1, 0.15) is 5.82 Å². The Morgan fingerprint density at radius 1 is 1.50 bits per heavy atom. The van der Waals surface area contributed by atoms with Crippen LogP contribution in [0.15, 0.2) is 18.2 Å². The first-order chi connectivity index (χ1) is 8.65. The molecule has 2 nitrogen and oxygen atoms in total. The van der Waals surface area contributed by atoms with Gasteiger partial charge in [-0.15, -0.1) is 0 Å². The Morgan fingerprint density at radius 2 is 2.33 bits per heavy atom. The summed E-state index contributed by atoms with van der Waals surface area (Å²) in [5.41, 5.74) is 1.08. The Hall–Kier alpha value is -0.640. The van der Waals surface area contributed by atoms with Crippen LogP contribution in [0.4, 0.5) is 4.39 Å². The number of halogens is 2. The van der Waals surface area contributed by atoms with E-state index >= 15 is 0 Å². The number of nitrogens with one attached hydrogen (secondary N) is 1. The monoisotopic (exact) mass is 271 g/mol. The molecular weight excluding hydrogens is 253 g/mol. The van der Waals surface area contributed by atoms with Crippen LogP contribution >= 0.6 is 11.6 Å². The Bertz CT molecular complexity index is 399. The van der Waals surface area contributed by atoms with E-state index < -0.39 is 0 Å². The van der Waals surface area contributed by atoms with E-state index in [4.69, 9.17) is 16.3 Å². The quantitative estimate of drug-likeness (QED) is 0.909. The number of rotatable bonds is 4. The van der Waals surface area contributed by atoms with Gasteiger partial charge in [0.25, 0.3) is 0 Å². The van der Waals surface area contributed by atoms with Crippen LogP contribution in [-0.2, 0) is 11.2 Å². The molecule has 1 saturated heterocycles. The Morgan fingerprint density at radius 3 is 2.94 bits per heavy atom. The lowest BCUT2D eigenvalue weighted by atomic mass is 9.77. The normalized spacial score (nSPS) is 24.2. The molecule has 0 spiro atoms. The molecule has 0 aliphatic carbocycles. The lowest BCUT2D eigenvalue weighted by molar-refractivity contribution is -0.00623. The second kappa shape index (κ2) is 6.00. The molecule has 0 amide bonds. The fourth-order valence-corrected chi connectivity index (χ4v) is 2.93. The van der Waals surface area contributed by atoms with Crippen LogP contribution in [0.25, 0.3) is 0 Å². The van der Waals surface area contributed by atoms with Crippen LogP contribution in [0.5, 0.6) is 0 Å². The van der Waals surface area contributed by atoms with Crippen molar-refractivity contribution in [2.75, 3.05) is 26.8 Å². The number of hydrogen-bond donors (Lipinski definition) is 1. The average molecular weight is 272 g/mol. The number of ether oxygens (including phenoxy) is 1. The molecule has 100 valence electrons. The fraction of sp³-hybridized carbons (Fsp3) is 0.571. The van der Waals surface area contributed by atoms with Gasteiger partial charge in [0.2, 0.25) is 0 Å². The Labute approximate surface area is 112 Å². The molecule has 2 rings (SSSR count). The number of benzene rings is 1. The van der Waals surface area contributed by atoms with Gasteiger partial charge in [-0.1, -0.05) is 17.7 Å². The Balaban J connectivity index is 2.17. The van der Waals surface area contributed by atoms with Crippen molar-refractivity contribution in [2.45, 2.75) is 19.3 Å². The van der Waals surface area contributed by atoms with E-state index in [-0.39, 0.29) is 11.2 Å². The highest BCUT2D eigenvalue weighted by atomic mass is 35.5. The summed E-state index contributed by atoms with van der Waals surface area (Å²) < 4.78 is 18.7. The third-order valence-electron chi connectivity index (χ3n) is 3.54. The van der Waals surface area contributed by atoms with Crippen LogP contribution in [0, 0.1) is 11.2 Å². The van der Waals surface area contributed by atoms with Gasteiger partial charge >= 0.3 is 0 Å². The van der Waals surface area contributed by atoms with Crippen molar-refractivity contribution in [2.24, 2.45) is 5.41 Å². The van der Waals surface area contributed by atoms with Gasteiger partial charge in [-0.2, -0.15) is 0 Å². The summed E-state index contributed by atoms with van der Waals surface area (Å²) in [6.07, 6.45) is 3.01. The SMILES string of the molecule is CNCC1(Cc2ccc(F)cc2Cl)CCCOC1. The highest BCUT2D eigenvalue weighted by molar-refractivity contribution is 6.31. The van der Waals surface area contributed by atoms with Gasteiger partial charge in [-0.05, 0) is 44.0 Å². The summed E-state index contributed by atoms with van der Waals surface area (Å²) in [5, 5.41) is 3.74. The van der Waals surface area contributed by atoms with Crippen LogP contribution in [0.2, 0.25) is 5.02 Å². The molecule has 1 N–H and O–H groups in total. The largest absolute Gasteiger partial charge is 0.381 e. The second-order valence-electron chi connectivity index (χ2n) is 5.10. The van der Waals surface area contributed by atoms with Crippen LogP contribution in [-0.4, -0.2) is 26.8 Å². The molecule has 4 heteroatoms. The predicted molar refractivity (Wildman–Crippen MR) is 71.5 cm³/mol. The maximum Gasteiger partial charge on any atom is 0.124 e. The highest BCUT2D eigenvalue weighted by Gasteiger charge is 2.33. The highest BCUT2D eigenvalue weighted by Crippen LogP contribution is 2.34. The molecule has 1 atom stereocenters. The smallest absolute Gasteiger partial charge is 0.124 e. The van der Waals surface area contributed by atoms with Gasteiger partial charge < -0.3 is 10.1 Å². The van der Waals surface area contributed by atoms with Crippen molar-refractivity contribution in [1.29, 1.82) is 0 Å². The van der Waals surface area contributed by atoms with Crippen LogP contribution in [0.1, 0.15) is 18.4 Å². The minimum Gasteiger partial charge on any atom is -0.381 e. The first-order valence-electron chi connectivity index (χ1n) is 6.31. The van der Waals surface area contributed by atoms with Crippen molar-refractivity contribution in [3.05, 3.63) is 34.6 Å². The van der Waals surface area contributed by atoms with Gasteiger partial charge in [0.05, 0.1) is 6.61 Å². The molecule has 0 bridgehead atoms. The summed E-state index contributed by atoms with van der Waals surface area (Å²) in [6.45, 7) is 2.46. The van der Waals surface area contributed by atoms with E-state index in [1.807, 2.05) is 7.05 Å². The zero-order chi connectivity index (χ0) is 13.0. The third kappa shape index (κ3) is 3.22. The predicted octanol–water partition coefficient (Wildman–Crippen LogP) is 3.04. The number of hydrogen-bond acceptors (Lipinski definition) is 2. The summed E-state index contributed by atoms with van der Waals surface area (Å²) in [4.78, 5) is 0. The van der Waals surface area contributed by atoms with Gasteiger partial charge in [-0.3, -0.25) is 0 Å². The maximum absolute atomic E-state index is 13.0. The summed E-state index contributed by atoms with van der Waals surface area (Å²) >= 11 is 6.11. The minimum absolute atomic E-state index is 0.0778. The molecule has 1 aliphatic heterocycles. The minimum atomic E-state index is -0.286. The summed E-state index contributed by atoms with van der Waals surface area (Å²) in [6, 6.07) is 4.63. The molecule has 0 aromatic heterocycles. The lowest BCUT2D eigenvalue weighted by Gasteiger charge is -2.37. The molecule has 1 aliphatic rings. The van der Waals surface area contributed by atoms with Crippen LogP contribution in [0.3, 0.4) is 0 Å². The fourth-order valence-electron chi connectivity index (χ4n) is 2.70. The standard InChI is InChI=1S/C14H19ClFNO/c1-17-9-14(5-2-6-18-10-14)8-11-3-4-12(16)7-13(11)15/h3-4,7,17H,2,5-6,8-10H2,1H3. The van der Waals surface area contributed by atoms with Crippen molar-refractivity contribution >= 4 is 11.6 Å². The first kappa shape index (κ1) is 13.8. The first-order valence-corrected chi connectivity index (χ1v) is 6.69. The molecule has 1 fully saturated rings. The zero-order valence-corrected chi connectivity index (χ0v) is 11.4. The van der Waals surface area contributed by atoms with Gasteiger partial charge in [-0.25, -0.2) is 4.39 Å². The van der Waals surface area contributed by atoms with Gasteiger partial charge in [0.15, 0.2) is 0 Å². The van der Waals surface area contributed by atoms with Crippen molar-refractivity contribution in [1.82, 2.24) is 5.32 Å². The molecular formula is C14H19ClFNO. The van der Waals surface area contributed by atoms with E-state index in [0.717, 1.165) is 44.6 Å². The summed E-state index contributed by atoms with van der Waals surface area (Å²) in [7, 11) is 1.95. The Kier molecular flexibility index (Phi) is 4.60. The second-order valence-corrected chi connectivity index (χ2v) is 5.51. The molecule has 1 aromatic rings. The van der Waals surface area contributed by atoms with Crippen molar-refractivity contribution < 1.29 is 9.13 Å².